The number of halogens is 1. The van der Waals surface area contributed by atoms with Crippen molar-refractivity contribution < 1.29 is 4.52 Å². The smallest absolute Gasteiger partial charge is 0.332 e. The maximum Gasteiger partial charge on any atom is 0.332 e. The molecule has 4 rings (SSSR count). The molecule has 0 amide bonds. The van der Waals surface area contributed by atoms with Gasteiger partial charge in [-0.3, -0.25) is 13.9 Å². The molecule has 0 bridgehead atoms. The molecule has 0 saturated carbocycles. The predicted octanol–water partition coefficient (Wildman–Crippen LogP) is 2.14. The van der Waals surface area contributed by atoms with Crippen molar-refractivity contribution in [2.24, 2.45) is 0 Å². The molecule has 0 spiro atoms. The zero-order chi connectivity index (χ0) is 21.1. The molecule has 0 aliphatic heterocycles. The number of aromatic nitrogens is 8. The van der Waals surface area contributed by atoms with Crippen molar-refractivity contribution in [2.45, 2.75) is 52.1 Å². The second-order valence-corrected chi connectivity index (χ2v) is 7.24. The fraction of sp³-hybridized carbons (Fsp3) is 0.444. The number of imidazole rings is 2. The van der Waals surface area contributed by atoms with Crippen molar-refractivity contribution in [2.75, 3.05) is 0 Å². The van der Waals surface area contributed by atoms with Crippen molar-refractivity contribution in [3.8, 4) is 11.7 Å². The van der Waals surface area contributed by atoms with Gasteiger partial charge < -0.3 is 14.5 Å². The standard InChI is InChI=1S/C18H21ClN8O3/c1-2-3-9-26-14-12(23-17(19)24-14)16(28)27(18(26)29)10-5-4-6-11-22-15(30-25-11)13-20-7-8-21-13/h7-8H,2-6,9-10H2,1H3,(H,20,21)(H,23,24). The quantitative estimate of drug-likeness (QED) is 0.305. The number of unbranched alkanes of at least 4 members (excludes halogenated alkanes) is 2. The van der Waals surface area contributed by atoms with Gasteiger partial charge in [0.1, 0.15) is 0 Å². The fourth-order valence-corrected chi connectivity index (χ4v) is 3.41. The summed E-state index contributed by atoms with van der Waals surface area (Å²) in [5.41, 5.74) is -0.237. The Balaban J connectivity index is 1.47. The molecule has 0 fully saturated rings. The Morgan fingerprint density at radius 2 is 1.97 bits per heavy atom. The van der Waals surface area contributed by atoms with Crippen molar-refractivity contribution >= 4 is 22.8 Å². The molecule has 0 aliphatic carbocycles. The number of rotatable bonds is 9. The average molecular weight is 433 g/mol. The van der Waals surface area contributed by atoms with Gasteiger partial charge in [0, 0.05) is 31.9 Å². The highest BCUT2D eigenvalue weighted by Crippen LogP contribution is 2.13. The molecule has 0 aliphatic rings. The topological polar surface area (TPSA) is 140 Å². The highest BCUT2D eigenvalue weighted by Gasteiger charge is 2.17. The second-order valence-electron chi connectivity index (χ2n) is 6.88. The molecule has 4 aromatic rings. The molecule has 0 saturated heterocycles. The van der Waals surface area contributed by atoms with Crippen LogP contribution < -0.4 is 11.2 Å². The van der Waals surface area contributed by atoms with E-state index >= 15 is 0 Å². The molecule has 158 valence electrons. The van der Waals surface area contributed by atoms with Crippen LogP contribution in [0.3, 0.4) is 0 Å². The highest BCUT2D eigenvalue weighted by atomic mass is 35.5. The fourth-order valence-electron chi connectivity index (χ4n) is 3.24. The molecule has 4 aromatic heterocycles. The van der Waals surface area contributed by atoms with Crippen LogP contribution in [0.1, 0.15) is 38.4 Å². The average Bonchev–Trinajstić information content (AvgIpc) is 3.47. The van der Waals surface area contributed by atoms with Gasteiger partial charge in [0.2, 0.25) is 5.28 Å². The van der Waals surface area contributed by atoms with E-state index in [0.717, 1.165) is 12.8 Å². The molecule has 30 heavy (non-hydrogen) atoms. The number of nitrogens with zero attached hydrogens (tertiary/aromatic N) is 6. The van der Waals surface area contributed by atoms with Gasteiger partial charge in [0.25, 0.3) is 11.4 Å². The maximum atomic E-state index is 12.9. The minimum atomic E-state index is -0.415. The van der Waals surface area contributed by atoms with Crippen LogP contribution >= 0.6 is 11.6 Å². The SMILES string of the molecule is CCCCn1c(=O)n(CCCCc2noc(-c3ncc[nH]3)n2)c(=O)c2[nH]c(Cl)nc21. The van der Waals surface area contributed by atoms with Crippen molar-refractivity contribution in [1.29, 1.82) is 0 Å². The van der Waals surface area contributed by atoms with E-state index in [1.165, 1.54) is 9.13 Å². The van der Waals surface area contributed by atoms with E-state index < -0.39 is 5.56 Å². The minimum Gasteiger partial charge on any atom is -0.341 e. The molecule has 0 unspecified atom stereocenters. The summed E-state index contributed by atoms with van der Waals surface area (Å²) in [6.07, 6.45) is 6.83. The third kappa shape index (κ3) is 3.92. The Bertz CT molecular complexity index is 1250. The maximum absolute atomic E-state index is 12.9. The van der Waals surface area contributed by atoms with Crippen LogP contribution in [-0.2, 0) is 19.5 Å². The molecule has 12 heteroatoms. The van der Waals surface area contributed by atoms with Gasteiger partial charge in [0.05, 0.1) is 0 Å². The Labute approximate surface area is 175 Å². The van der Waals surface area contributed by atoms with Gasteiger partial charge in [-0.05, 0) is 30.9 Å². The number of aryl methyl sites for hydroxylation is 2. The van der Waals surface area contributed by atoms with Crippen LogP contribution in [0.5, 0.6) is 0 Å². The summed E-state index contributed by atoms with van der Waals surface area (Å²) >= 11 is 5.94. The van der Waals surface area contributed by atoms with Crippen molar-refractivity contribution in [3.63, 3.8) is 0 Å². The summed E-state index contributed by atoms with van der Waals surface area (Å²) in [4.78, 5) is 43.8. The molecular formula is C18H21ClN8O3. The molecule has 0 atom stereocenters. The number of hydrogen-bond acceptors (Lipinski definition) is 7. The van der Waals surface area contributed by atoms with E-state index in [2.05, 4.69) is 30.1 Å². The van der Waals surface area contributed by atoms with Crippen LogP contribution in [0.2, 0.25) is 5.28 Å². The Morgan fingerprint density at radius 3 is 2.73 bits per heavy atom. The molecule has 0 radical (unpaired) electrons. The van der Waals surface area contributed by atoms with E-state index in [-0.39, 0.29) is 23.0 Å². The van der Waals surface area contributed by atoms with Gasteiger partial charge in [-0.15, -0.1) is 0 Å². The predicted molar refractivity (Wildman–Crippen MR) is 109 cm³/mol. The van der Waals surface area contributed by atoms with Gasteiger partial charge in [-0.1, -0.05) is 18.5 Å². The van der Waals surface area contributed by atoms with Crippen LogP contribution in [0, 0.1) is 0 Å². The van der Waals surface area contributed by atoms with E-state index in [1.807, 2.05) is 6.92 Å². The lowest BCUT2D eigenvalue weighted by Crippen LogP contribution is -2.40. The van der Waals surface area contributed by atoms with Gasteiger partial charge in [-0.2, -0.15) is 9.97 Å². The Kier molecular flexibility index (Phi) is 5.79. The normalized spacial score (nSPS) is 11.5. The second kappa shape index (κ2) is 8.66. The number of aromatic amines is 2. The zero-order valence-electron chi connectivity index (χ0n) is 16.4. The molecule has 2 N–H and O–H groups in total. The summed E-state index contributed by atoms with van der Waals surface area (Å²) < 4.78 is 7.92. The zero-order valence-corrected chi connectivity index (χ0v) is 17.1. The molecule has 0 aromatic carbocycles. The van der Waals surface area contributed by atoms with Crippen LogP contribution in [0.4, 0.5) is 0 Å². The summed E-state index contributed by atoms with van der Waals surface area (Å²) in [5.74, 6) is 1.39. The first-order chi connectivity index (χ1) is 14.6. The minimum absolute atomic E-state index is 0.0916. The monoisotopic (exact) mass is 432 g/mol. The van der Waals surface area contributed by atoms with Crippen LogP contribution in [0.15, 0.2) is 26.5 Å². The molecule has 11 nitrogen and oxygen atoms in total. The van der Waals surface area contributed by atoms with Crippen LogP contribution in [-0.4, -0.2) is 39.2 Å². The Hall–Kier alpha value is -3.21. The molecular weight excluding hydrogens is 412 g/mol. The first-order valence-electron chi connectivity index (χ1n) is 9.79. The van der Waals surface area contributed by atoms with Crippen molar-refractivity contribution in [1.82, 2.24) is 39.2 Å². The van der Waals surface area contributed by atoms with Crippen molar-refractivity contribution in [3.05, 3.63) is 44.3 Å². The lowest BCUT2D eigenvalue weighted by molar-refractivity contribution is 0.418. The lowest BCUT2D eigenvalue weighted by atomic mass is 10.2. The first kappa shape index (κ1) is 20.1. The third-order valence-corrected chi connectivity index (χ3v) is 4.95. The van der Waals surface area contributed by atoms with Gasteiger partial charge in [0.15, 0.2) is 22.8 Å². The van der Waals surface area contributed by atoms with E-state index in [1.54, 1.807) is 12.4 Å². The summed E-state index contributed by atoms with van der Waals surface area (Å²) in [5, 5.41) is 4.03. The van der Waals surface area contributed by atoms with E-state index in [0.29, 0.717) is 49.0 Å². The summed E-state index contributed by atoms with van der Waals surface area (Å²) in [6.45, 7) is 2.79. The number of nitrogens with one attached hydrogen (secondary N) is 2. The largest absolute Gasteiger partial charge is 0.341 e. The summed E-state index contributed by atoms with van der Waals surface area (Å²) in [7, 11) is 0. The Morgan fingerprint density at radius 1 is 1.13 bits per heavy atom. The van der Waals surface area contributed by atoms with Gasteiger partial charge in [-0.25, -0.2) is 9.78 Å². The number of hydrogen-bond donors (Lipinski definition) is 2. The number of fused-ring (bicyclic) bond motifs is 1. The van der Waals surface area contributed by atoms with E-state index in [9.17, 15) is 9.59 Å². The molecule has 4 heterocycles. The van der Waals surface area contributed by atoms with Crippen LogP contribution in [0.25, 0.3) is 22.9 Å². The van der Waals surface area contributed by atoms with E-state index in [4.69, 9.17) is 16.1 Å². The number of H-pyrrole nitrogens is 2. The van der Waals surface area contributed by atoms with Gasteiger partial charge >= 0.3 is 5.69 Å². The lowest BCUT2D eigenvalue weighted by Gasteiger charge is -2.10. The first-order valence-corrected chi connectivity index (χ1v) is 10.2. The summed E-state index contributed by atoms with van der Waals surface area (Å²) in [6, 6.07) is 0. The highest BCUT2D eigenvalue weighted by molar-refractivity contribution is 6.28. The third-order valence-electron chi connectivity index (χ3n) is 4.77.